The third-order valence-corrected chi connectivity index (χ3v) is 6.66. The Morgan fingerprint density at radius 2 is 1.90 bits per heavy atom. The fourth-order valence-electron chi connectivity index (χ4n) is 4.30. The van der Waals surface area contributed by atoms with Gasteiger partial charge in [-0.3, -0.25) is 4.79 Å². The average Bonchev–Trinajstić information content (AvgIpc) is 3.38. The fourth-order valence-corrected chi connectivity index (χ4v) is 4.95. The number of Topliss-reactive ketones (excluding diaryl/α,β-unsaturated/α-hetero) is 1. The number of nitrogens with zero attached hydrogens (tertiary/aromatic N) is 3. The highest BCUT2D eigenvalue weighted by Gasteiger charge is 2.22. The van der Waals surface area contributed by atoms with E-state index in [0.717, 1.165) is 47.1 Å². The number of hydrogen-bond donors (Lipinski definition) is 0. The normalized spacial score (nSPS) is 14.7. The minimum atomic E-state index is 0.0627. The molecule has 6 nitrogen and oxygen atoms in total. The first kappa shape index (κ1) is 21.7. The van der Waals surface area contributed by atoms with Gasteiger partial charge < -0.3 is 13.7 Å². The molecule has 0 radical (unpaired) electrons. The van der Waals surface area contributed by atoms with Crippen LogP contribution < -0.4 is 4.74 Å². The van der Waals surface area contributed by atoms with Crippen LogP contribution in [0, 0.1) is 13.8 Å². The quantitative estimate of drug-likeness (QED) is 0.321. The van der Waals surface area contributed by atoms with Crippen molar-refractivity contribution in [2.75, 3.05) is 12.4 Å². The number of aryl methyl sites for hydroxylation is 1. The third kappa shape index (κ3) is 4.87. The Kier molecular flexibility index (Phi) is 6.80. The molecule has 1 aromatic carbocycles. The first-order valence-electron chi connectivity index (χ1n) is 11.0. The van der Waals surface area contributed by atoms with Crippen molar-refractivity contribution < 1.29 is 13.9 Å². The van der Waals surface area contributed by atoms with Crippen LogP contribution in [0.25, 0.3) is 5.69 Å². The van der Waals surface area contributed by atoms with E-state index in [1.807, 2.05) is 51.1 Å². The van der Waals surface area contributed by atoms with Crippen LogP contribution in [0.1, 0.15) is 72.6 Å². The first-order chi connectivity index (χ1) is 15.1. The zero-order valence-corrected chi connectivity index (χ0v) is 19.2. The minimum Gasteiger partial charge on any atom is -0.494 e. The SMILES string of the molecule is CCOc1ccc(-n2c(C)cc(C(=O)CSc3nnc(C4CCCCC4)o3)c2C)cc1. The molecule has 0 spiro atoms. The molecule has 0 unspecified atom stereocenters. The number of benzene rings is 1. The number of rotatable bonds is 8. The van der Waals surface area contributed by atoms with Crippen molar-refractivity contribution in [2.24, 2.45) is 0 Å². The van der Waals surface area contributed by atoms with Gasteiger partial charge in [0, 0.05) is 28.6 Å². The molecule has 0 bridgehead atoms. The molecule has 2 heterocycles. The summed E-state index contributed by atoms with van der Waals surface area (Å²) in [4.78, 5) is 12.9. The van der Waals surface area contributed by atoms with Gasteiger partial charge in [0.05, 0.1) is 12.4 Å². The van der Waals surface area contributed by atoms with Gasteiger partial charge in [0.25, 0.3) is 5.22 Å². The van der Waals surface area contributed by atoms with E-state index in [4.69, 9.17) is 9.15 Å². The van der Waals surface area contributed by atoms with Gasteiger partial charge >= 0.3 is 0 Å². The maximum atomic E-state index is 12.9. The zero-order chi connectivity index (χ0) is 21.8. The Balaban J connectivity index is 1.43. The summed E-state index contributed by atoms with van der Waals surface area (Å²) < 4.78 is 13.5. The number of ether oxygens (including phenoxy) is 1. The molecule has 1 aliphatic rings. The van der Waals surface area contributed by atoms with Gasteiger partial charge in [-0.1, -0.05) is 31.0 Å². The fraction of sp³-hybridized carbons (Fsp3) is 0.458. The van der Waals surface area contributed by atoms with Gasteiger partial charge in [0.2, 0.25) is 5.89 Å². The Labute approximate surface area is 187 Å². The van der Waals surface area contributed by atoms with E-state index in [1.54, 1.807) is 0 Å². The van der Waals surface area contributed by atoms with E-state index in [1.165, 1.54) is 31.0 Å². The first-order valence-corrected chi connectivity index (χ1v) is 12.0. The molecule has 0 aliphatic heterocycles. The molecule has 1 saturated carbocycles. The lowest BCUT2D eigenvalue weighted by molar-refractivity contribution is 0.102. The van der Waals surface area contributed by atoms with E-state index >= 15 is 0 Å². The Bertz CT molecular complexity index is 1030. The van der Waals surface area contributed by atoms with Gasteiger partial charge in [-0.05, 0) is 63.9 Å². The Hall–Kier alpha value is -2.54. The van der Waals surface area contributed by atoms with Gasteiger partial charge in [-0.15, -0.1) is 10.2 Å². The molecule has 7 heteroatoms. The van der Waals surface area contributed by atoms with Gasteiger partial charge in [0.15, 0.2) is 5.78 Å². The summed E-state index contributed by atoms with van der Waals surface area (Å²) in [6.07, 6.45) is 5.96. The molecule has 1 fully saturated rings. The van der Waals surface area contributed by atoms with E-state index < -0.39 is 0 Å². The molecular weight excluding hydrogens is 410 g/mol. The van der Waals surface area contributed by atoms with Gasteiger partial charge in [-0.25, -0.2) is 0 Å². The molecule has 0 atom stereocenters. The summed E-state index contributed by atoms with van der Waals surface area (Å²) in [6, 6.07) is 9.89. The predicted molar refractivity (Wildman–Crippen MR) is 122 cm³/mol. The molecule has 4 rings (SSSR count). The minimum absolute atomic E-state index is 0.0627. The van der Waals surface area contributed by atoms with E-state index in [0.29, 0.717) is 17.7 Å². The lowest BCUT2D eigenvalue weighted by atomic mass is 9.89. The number of hydrogen-bond acceptors (Lipinski definition) is 6. The summed E-state index contributed by atoms with van der Waals surface area (Å²) in [7, 11) is 0. The average molecular weight is 440 g/mol. The summed E-state index contributed by atoms with van der Waals surface area (Å²) in [5, 5.41) is 8.85. The van der Waals surface area contributed by atoms with Gasteiger partial charge in [0.1, 0.15) is 5.75 Å². The van der Waals surface area contributed by atoms with Crippen LogP contribution in [0.15, 0.2) is 40.0 Å². The van der Waals surface area contributed by atoms with Crippen LogP contribution >= 0.6 is 11.8 Å². The molecule has 0 N–H and O–H groups in total. The number of aromatic nitrogens is 3. The van der Waals surface area contributed by atoms with Gasteiger partial charge in [-0.2, -0.15) is 0 Å². The zero-order valence-electron chi connectivity index (χ0n) is 18.4. The van der Waals surface area contributed by atoms with Crippen molar-refractivity contribution in [3.63, 3.8) is 0 Å². The van der Waals surface area contributed by atoms with Crippen LogP contribution in [0.3, 0.4) is 0 Å². The van der Waals surface area contributed by atoms with Crippen molar-refractivity contribution in [3.8, 4) is 11.4 Å². The number of carbonyl (C=O) groups excluding carboxylic acids is 1. The highest BCUT2D eigenvalue weighted by Crippen LogP contribution is 2.33. The number of thioether (sulfide) groups is 1. The van der Waals surface area contributed by atoms with Crippen molar-refractivity contribution in [1.82, 2.24) is 14.8 Å². The molecule has 164 valence electrons. The van der Waals surface area contributed by atoms with Crippen LogP contribution in [0.2, 0.25) is 0 Å². The molecule has 0 amide bonds. The smallest absolute Gasteiger partial charge is 0.277 e. The number of ketones is 1. The molecular formula is C24H29N3O3S. The summed E-state index contributed by atoms with van der Waals surface area (Å²) >= 11 is 1.32. The summed E-state index contributed by atoms with van der Waals surface area (Å²) in [5.41, 5.74) is 3.69. The third-order valence-electron chi connectivity index (χ3n) is 5.84. The van der Waals surface area contributed by atoms with Crippen LogP contribution in [0.4, 0.5) is 0 Å². The van der Waals surface area contributed by atoms with Crippen molar-refractivity contribution in [1.29, 1.82) is 0 Å². The van der Waals surface area contributed by atoms with Crippen LogP contribution in [0.5, 0.6) is 5.75 Å². The largest absolute Gasteiger partial charge is 0.494 e. The second-order valence-electron chi connectivity index (χ2n) is 8.00. The van der Waals surface area contributed by atoms with Crippen LogP contribution in [-0.4, -0.2) is 32.9 Å². The maximum absolute atomic E-state index is 12.9. The molecule has 3 aromatic rings. The molecule has 0 saturated heterocycles. The Morgan fingerprint density at radius 1 is 1.16 bits per heavy atom. The second kappa shape index (κ2) is 9.73. The summed E-state index contributed by atoms with van der Waals surface area (Å²) in [5.74, 6) is 2.28. The van der Waals surface area contributed by atoms with E-state index in [9.17, 15) is 4.79 Å². The lowest BCUT2D eigenvalue weighted by Gasteiger charge is -2.17. The highest BCUT2D eigenvalue weighted by molar-refractivity contribution is 7.99. The Morgan fingerprint density at radius 3 is 2.61 bits per heavy atom. The number of carbonyl (C=O) groups is 1. The topological polar surface area (TPSA) is 70.2 Å². The monoisotopic (exact) mass is 439 g/mol. The van der Waals surface area contributed by atoms with E-state index in [2.05, 4.69) is 14.8 Å². The standard InChI is InChI=1S/C24H29N3O3S/c1-4-29-20-12-10-19(11-13-20)27-16(2)14-21(17(27)3)22(28)15-31-24-26-25-23(30-24)18-8-6-5-7-9-18/h10-14,18H,4-9,15H2,1-3H3. The molecule has 31 heavy (non-hydrogen) atoms. The molecule has 2 aromatic heterocycles. The highest BCUT2D eigenvalue weighted by atomic mass is 32.2. The maximum Gasteiger partial charge on any atom is 0.277 e. The van der Waals surface area contributed by atoms with Crippen molar-refractivity contribution in [2.45, 2.75) is 64.0 Å². The predicted octanol–water partition coefficient (Wildman–Crippen LogP) is 5.90. The van der Waals surface area contributed by atoms with E-state index in [-0.39, 0.29) is 11.5 Å². The van der Waals surface area contributed by atoms with Crippen molar-refractivity contribution >= 4 is 17.5 Å². The molecule has 1 aliphatic carbocycles. The second-order valence-corrected chi connectivity index (χ2v) is 8.93. The summed E-state index contributed by atoms with van der Waals surface area (Å²) in [6.45, 7) is 6.60. The lowest BCUT2D eigenvalue weighted by Crippen LogP contribution is -2.05. The van der Waals surface area contributed by atoms with Crippen molar-refractivity contribution in [3.05, 3.63) is 53.2 Å². The van der Waals surface area contributed by atoms with Crippen LogP contribution in [-0.2, 0) is 0 Å².